The Morgan fingerprint density at radius 2 is 2.11 bits per heavy atom. The zero-order chi connectivity index (χ0) is 13.1. The standard InChI is InChI=1S/C15H20FNO/c1-17(2)15(11-6-5-7-12(16)10-11)13-8-3-4-9-14(13)18/h5-7,10,13,15H,3-4,8-9H2,1-2H3. The molecule has 1 saturated carbocycles. The molecule has 0 amide bonds. The highest BCUT2D eigenvalue weighted by atomic mass is 19.1. The second kappa shape index (κ2) is 5.61. The Bertz CT molecular complexity index is 430. The summed E-state index contributed by atoms with van der Waals surface area (Å²) in [6.45, 7) is 0. The van der Waals surface area contributed by atoms with Gasteiger partial charge in [0, 0.05) is 18.4 Å². The molecule has 1 aromatic rings. The highest BCUT2D eigenvalue weighted by Gasteiger charge is 2.32. The number of hydrogen-bond donors (Lipinski definition) is 0. The van der Waals surface area contributed by atoms with Crippen LogP contribution in [0.5, 0.6) is 0 Å². The van der Waals surface area contributed by atoms with Crippen molar-refractivity contribution in [2.24, 2.45) is 5.92 Å². The summed E-state index contributed by atoms with van der Waals surface area (Å²) in [7, 11) is 3.91. The Hall–Kier alpha value is -1.22. The van der Waals surface area contributed by atoms with Gasteiger partial charge in [-0.2, -0.15) is 0 Å². The maximum Gasteiger partial charge on any atom is 0.137 e. The van der Waals surface area contributed by atoms with Gasteiger partial charge in [0.05, 0.1) is 0 Å². The Balaban J connectivity index is 2.30. The molecule has 2 nitrogen and oxygen atoms in total. The number of ketones is 1. The van der Waals surface area contributed by atoms with Crippen molar-refractivity contribution >= 4 is 5.78 Å². The minimum absolute atomic E-state index is 0.00602. The van der Waals surface area contributed by atoms with Crippen molar-refractivity contribution in [3.63, 3.8) is 0 Å². The van der Waals surface area contributed by atoms with Gasteiger partial charge in [0.15, 0.2) is 0 Å². The van der Waals surface area contributed by atoms with E-state index >= 15 is 0 Å². The van der Waals surface area contributed by atoms with E-state index in [4.69, 9.17) is 0 Å². The highest BCUT2D eigenvalue weighted by Crippen LogP contribution is 2.35. The quantitative estimate of drug-likeness (QED) is 0.820. The molecule has 2 rings (SSSR count). The van der Waals surface area contributed by atoms with Gasteiger partial charge in [-0.05, 0) is 44.6 Å². The predicted molar refractivity (Wildman–Crippen MR) is 69.8 cm³/mol. The molecule has 1 aromatic carbocycles. The Kier molecular flexibility index (Phi) is 4.12. The van der Waals surface area contributed by atoms with Crippen molar-refractivity contribution in [3.05, 3.63) is 35.6 Å². The van der Waals surface area contributed by atoms with Crippen LogP contribution in [0.3, 0.4) is 0 Å². The number of carbonyl (C=O) groups excluding carboxylic acids is 1. The first-order chi connectivity index (χ1) is 8.59. The van der Waals surface area contributed by atoms with E-state index in [0.29, 0.717) is 12.2 Å². The molecule has 98 valence electrons. The van der Waals surface area contributed by atoms with Crippen LogP contribution in [0.25, 0.3) is 0 Å². The van der Waals surface area contributed by atoms with Crippen molar-refractivity contribution in [2.45, 2.75) is 31.7 Å². The minimum Gasteiger partial charge on any atom is -0.302 e. The van der Waals surface area contributed by atoms with Gasteiger partial charge in [0.2, 0.25) is 0 Å². The molecule has 1 aliphatic carbocycles. The van der Waals surface area contributed by atoms with Crippen LogP contribution in [0.2, 0.25) is 0 Å². The third kappa shape index (κ3) is 2.78. The maximum absolute atomic E-state index is 13.4. The molecule has 3 heteroatoms. The van der Waals surface area contributed by atoms with E-state index in [0.717, 1.165) is 24.8 Å². The summed E-state index contributed by atoms with van der Waals surface area (Å²) in [5.74, 6) is 0.0994. The SMILES string of the molecule is CN(C)C(c1cccc(F)c1)C1CCCCC1=O. The second-order valence-electron chi connectivity index (χ2n) is 5.28. The number of halogens is 1. The van der Waals surface area contributed by atoms with E-state index < -0.39 is 0 Å². The van der Waals surface area contributed by atoms with Crippen LogP contribution in [-0.4, -0.2) is 24.8 Å². The predicted octanol–water partition coefficient (Wildman–Crippen LogP) is 3.19. The lowest BCUT2D eigenvalue weighted by molar-refractivity contribution is -0.126. The van der Waals surface area contributed by atoms with Crippen LogP contribution in [-0.2, 0) is 4.79 Å². The molecule has 1 fully saturated rings. The van der Waals surface area contributed by atoms with Crippen LogP contribution in [0, 0.1) is 11.7 Å². The normalized spacial score (nSPS) is 22.2. The van der Waals surface area contributed by atoms with Crippen molar-refractivity contribution in [2.75, 3.05) is 14.1 Å². The average Bonchev–Trinajstić information content (AvgIpc) is 2.32. The van der Waals surface area contributed by atoms with Crippen LogP contribution in [0.1, 0.15) is 37.3 Å². The fourth-order valence-corrected chi connectivity index (χ4v) is 2.92. The Labute approximate surface area is 108 Å². The second-order valence-corrected chi connectivity index (χ2v) is 5.28. The third-order valence-electron chi connectivity index (χ3n) is 3.73. The van der Waals surface area contributed by atoms with E-state index in [2.05, 4.69) is 0 Å². The lowest BCUT2D eigenvalue weighted by Crippen LogP contribution is -2.34. The van der Waals surface area contributed by atoms with Crippen LogP contribution < -0.4 is 0 Å². The summed E-state index contributed by atoms with van der Waals surface area (Å²) in [6, 6.07) is 6.61. The van der Waals surface area contributed by atoms with Gasteiger partial charge in [0.1, 0.15) is 11.6 Å². The van der Waals surface area contributed by atoms with Crippen molar-refractivity contribution in [1.29, 1.82) is 0 Å². The first kappa shape index (κ1) is 13.2. The molecule has 0 N–H and O–H groups in total. The molecular formula is C15H20FNO. The minimum atomic E-state index is -0.234. The number of Topliss-reactive ketones (excluding diaryl/α,β-unsaturated/α-hetero) is 1. The summed E-state index contributed by atoms with van der Waals surface area (Å²) < 4.78 is 13.4. The summed E-state index contributed by atoms with van der Waals surface area (Å²) >= 11 is 0. The fourth-order valence-electron chi connectivity index (χ4n) is 2.92. The molecule has 0 heterocycles. The molecule has 1 aliphatic rings. The monoisotopic (exact) mass is 249 g/mol. The summed E-state index contributed by atoms with van der Waals surface area (Å²) in [5.41, 5.74) is 0.903. The highest BCUT2D eigenvalue weighted by molar-refractivity contribution is 5.82. The van der Waals surface area contributed by atoms with Gasteiger partial charge in [-0.15, -0.1) is 0 Å². The summed E-state index contributed by atoms with van der Waals surface area (Å²) in [6.07, 6.45) is 3.68. The smallest absolute Gasteiger partial charge is 0.137 e. The van der Waals surface area contributed by atoms with Gasteiger partial charge >= 0.3 is 0 Å². The first-order valence-corrected chi connectivity index (χ1v) is 6.54. The van der Waals surface area contributed by atoms with E-state index in [-0.39, 0.29) is 17.8 Å². The zero-order valence-corrected chi connectivity index (χ0v) is 11.0. The van der Waals surface area contributed by atoms with Gasteiger partial charge in [0.25, 0.3) is 0 Å². The number of benzene rings is 1. The number of rotatable bonds is 3. The van der Waals surface area contributed by atoms with Gasteiger partial charge in [-0.3, -0.25) is 4.79 Å². The molecule has 0 aromatic heterocycles. The van der Waals surface area contributed by atoms with Crippen molar-refractivity contribution in [3.8, 4) is 0 Å². The summed E-state index contributed by atoms with van der Waals surface area (Å²) in [5, 5.41) is 0. The Morgan fingerprint density at radius 3 is 2.72 bits per heavy atom. The summed E-state index contributed by atoms with van der Waals surface area (Å²) in [4.78, 5) is 14.1. The lowest BCUT2D eigenvalue weighted by atomic mass is 9.79. The fraction of sp³-hybridized carbons (Fsp3) is 0.533. The van der Waals surface area contributed by atoms with Crippen LogP contribution >= 0.6 is 0 Å². The zero-order valence-electron chi connectivity index (χ0n) is 11.0. The molecule has 0 radical (unpaired) electrons. The van der Waals surface area contributed by atoms with Gasteiger partial charge in [-0.25, -0.2) is 4.39 Å². The largest absolute Gasteiger partial charge is 0.302 e. The lowest BCUT2D eigenvalue weighted by Gasteiger charge is -2.34. The van der Waals surface area contributed by atoms with Crippen LogP contribution in [0.4, 0.5) is 4.39 Å². The molecule has 2 atom stereocenters. The third-order valence-corrected chi connectivity index (χ3v) is 3.73. The van der Waals surface area contributed by atoms with Gasteiger partial charge in [-0.1, -0.05) is 18.6 Å². The van der Waals surface area contributed by atoms with E-state index in [1.807, 2.05) is 25.1 Å². The number of carbonyl (C=O) groups is 1. The van der Waals surface area contributed by atoms with E-state index in [1.54, 1.807) is 12.1 Å². The molecule has 0 spiro atoms. The molecular weight excluding hydrogens is 229 g/mol. The van der Waals surface area contributed by atoms with Gasteiger partial charge < -0.3 is 4.90 Å². The molecule has 2 unspecified atom stereocenters. The van der Waals surface area contributed by atoms with E-state index in [1.165, 1.54) is 6.07 Å². The Morgan fingerprint density at radius 1 is 1.33 bits per heavy atom. The van der Waals surface area contributed by atoms with Crippen molar-refractivity contribution < 1.29 is 9.18 Å². The topological polar surface area (TPSA) is 20.3 Å². The number of hydrogen-bond acceptors (Lipinski definition) is 2. The van der Waals surface area contributed by atoms with Crippen molar-refractivity contribution in [1.82, 2.24) is 4.90 Å². The molecule has 18 heavy (non-hydrogen) atoms. The molecule has 0 bridgehead atoms. The first-order valence-electron chi connectivity index (χ1n) is 6.54. The number of nitrogens with zero attached hydrogens (tertiary/aromatic N) is 1. The molecule has 0 aliphatic heterocycles. The maximum atomic E-state index is 13.4. The molecule has 0 saturated heterocycles. The van der Waals surface area contributed by atoms with E-state index in [9.17, 15) is 9.18 Å². The average molecular weight is 249 g/mol. The van der Waals surface area contributed by atoms with Crippen LogP contribution in [0.15, 0.2) is 24.3 Å².